The summed E-state index contributed by atoms with van der Waals surface area (Å²) in [6, 6.07) is 12.1. The SMILES string of the molecule is CC(Sc1nnnn1C1CC1)C(=O)Nc1cc(C(C)(C)C)nn1-c1ccccc1. The zero-order chi connectivity index (χ0) is 20.6. The molecule has 1 fully saturated rings. The van der Waals surface area contributed by atoms with Gasteiger partial charge in [0.05, 0.1) is 22.7 Å². The van der Waals surface area contributed by atoms with E-state index in [4.69, 9.17) is 5.10 Å². The van der Waals surface area contributed by atoms with Gasteiger partial charge in [0.25, 0.3) is 0 Å². The lowest BCUT2D eigenvalue weighted by molar-refractivity contribution is -0.115. The Labute approximate surface area is 174 Å². The maximum atomic E-state index is 12.9. The maximum absolute atomic E-state index is 12.9. The van der Waals surface area contributed by atoms with Gasteiger partial charge in [-0.1, -0.05) is 50.7 Å². The minimum Gasteiger partial charge on any atom is -0.310 e. The second kappa shape index (κ2) is 7.62. The van der Waals surface area contributed by atoms with Crippen LogP contribution in [-0.4, -0.2) is 41.1 Å². The molecule has 0 aliphatic heterocycles. The Morgan fingerprint density at radius 1 is 1.24 bits per heavy atom. The lowest BCUT2D eigenvalue weighted by atomic mass is 9.92. The third-order valence-corrected chi connectivity index (χ3v) is 5.78. The Morgan fingerprint density at radius 2 is 1.97 bits per heavy atom. The number of hydrogen-bond acceptors (Lipinski definition) is 6. The van der Waals surface area contributed by atoms with E-state index in [1.807, 2.05) is 48.0 Å². The van der Waals surface area contributed by atoms with Crippen molar-refractivity contribution in [3.63, 3.8) is 0 Å². The van der Waals surface area contributed by atoms with Crippen LogP contribution in [0.2, 0.25) is 0 Å². The number of para-hydroxylation sites is 1. The molecular weight excluding hydrogens is 386 g/mol. The summed E-state index contributed by atoms with van der Waals surface area (Å²) in [5.41, 5.74) is 1.68. The summed E-state index contributed by atoms with van der Waals surface area (Å²) in [5, 5.41) is 20.0. The van der Waals surface area contributed by atoms with Crippen molar-refractivity contribution in [3.8, 4) is 5.69 Å². The number of benzene rings is 1. The van der Waals surface area contributed by atoms with Crippen molar-refractivity contribution >= 4 is 23.5 Å². The molecule has 0 saturated heterocycles. The molecule has 1 N–H and O–H groups in total. The first-order valence-corrected chi connectivity index (χ1v) is 10.6. The van der Waals surface area contributed by atoms with Gasteiger partial charge in [0.2, 0.25) is 11.1 Å². The first-order chi connectivity index (χ1) is 13.8. The summed E-state index contributed by atoms with van der Waals surface area (Å²) in [7, 11) is 0. The van der Waals surface area contributed by atoms with Crippen molar-refractivity contribution < 1.29 is 4.79 Å². The number of rotatable bonds is 6. The normalized spacial score (nSPS) is 15.3. The molecule has 1 saturated carbocycles. The zero-order valence-corrected chi connectivity index (χ0v) is 17.8. The molecule has 1 aromatic carbocycles. The molecule has 8 nitrogen and oxygen atoms in total. The van der Waals surface area contributed by atoms with E-state index in [1.165, 1.54) is 11.8 Å². The van der Waals surface area contributed by atoms with Crippen molar-refractivity contribution in [3.05, 3.63) is 42.1 Å². The molecule has 4 rings (SSSR count). The summed E-state index contributed by atoms with van der Waals surface area (Å²) in [6.07, 6.45) is 2.18. The van der Waals surface area contributed by atoms with E-state index >= 15 is 0 Å². The molecule has 2 heterocycles. The van der Waals surface area contributed by atoms with E-state index in [0.29, 0.717) is 17.0 Å². The number of tetrazole rings is 1. The smallest absolute Gasteiger partial charge is 0.238 e. The molecular formula is C20H25N7OS. The summed E-state index contributed by atoms with van der Waals surface area (Å²) >= 11 is 1.37. The van der Waals surface area contributed by atoms with Gasteiger partial charge in [-0.05, 0) is 42.3 Å². The Morgan fingerprint density at radius 3 is 2.62 bits per heavy atom. The number of amides is 1. The third kappa shape index (κ3) is 4.34. The molecule has 1 aliphatic rings. The molecule has 1 atom stereocenters. The van der Waals surface area contributed by atoms with Gasteiger partial charge in [0.15, 0.2) is 0 Å². The van der Waals surface area contributed by atoms with Crippen molar-refractivity contribution in [1.29, 1.82) is 0 Å². The molecule has 152 valence electrons. The summed E-state index contributed by atoms with van der Waals surface area (Å²) in [5.74, 6) is 0.540. The highest BCUT2D eigenvalue weighted by molar-refractivity contribution is 8.00. The summed E-state index contributed by atoms with van der Waals surface area (Å²) in [4.78, 5) is 12.9. The van der Waals surface area contributed by atoms with Crippen molar-refractivity contribution in [2.75, 3.05) is 5.32 Å². The fourth-order valence-corrected chi connectivity index (χ4v) is 3.71. The minimum atomic E-state index is -0.351. The van der Waals surface area contributed by atoms with Crippen LogP contribution in [0.5, 0.6) is 0 Å². The molecule has 9 heteroatoms. The number of hydrogen-bond donors (Lipinski definition) is 1. The number of nitrogens with zero attached hydrogens (tertiary/aromatic N) is 6. The topological polar surface area (TPSA) is 90.5 Å². The number of nitrogens with one attached hydrogen (secondary N) is 1. The van der Waals surface area contributed by atoms with Crippen molar-refractivity contribution in [2.45, 2.75) is 62.4 Å². The fraction of sp³-hybridized carbons (Fsp3) is 0.450. The maximum Gasteiger partial charge on any atom is 0.238 e. The highest BCUT2D eigenvalue weighted by Crippen LogP contribution is 2.37. The van der Waals surface area contributed by atoms with Crippen molar-refractivity contribution in [2.24, 2.45) is 0 Å². The number of aromatic nitrogens is 6. The van der Waals surface area contributed by atoms with E-state index < -0.39 is 0 Å². The number of carbonyl (C=O) groups is 1. The van der Waals surface area contributed by atoms with Gasteiger partial charge in [-0.3, -0.25) is 4.79 Å². The zero-order valence-electron chi connectivity index (χ0n) is 17.0. The second-order valence-electron chi connectivity index (χ2n) is 8.30. The van der Waals surface area contributed by atoms with Crippen molar-refractivity contribution in [1.82, 2.24) is 30.0 Å². The Bertz CT molecular complexity index is 1000. The standard InChI is InChI=1S/C20H25N7OS/c1-13(29-19-22-24-25-27(19)15-10-11-15)18(28)21-17-12-16(20(2,3)4)23-26(17)14-8-6-5-7-9-14/h5-9,12-13,15H,10-11H2,1-4H3,(H,21,28). The van der Waals surface area contributed by atoms with Crippen LogP contribution in [0, 0.1) is 0 Å². The van der Waals surface area contributed by atoms with E-state index in [-0.39, 0.29) is 16.6 Å². The van der Waals surface area contributed by atoms with Crippen LogP contribution in [0.4, 0.5) is 5.82 Å². The van der Waals surface area contributed by atoms with Gasteiger partial charge < -0.3 is 5.32 Å². The summed E-state index contributed by atoms with van der Waals surface area (Å²) < 4.78 is 3.60. The van der Waals surface area contributed by atoms with E-state index in [1.54, 1.807) is 4.68 Å². The Hall–Kier alpha value is -2.68. The molecule has 2 aromatic heterocycles. The number of thioether (sulfide) groups is 1. The van der Waals surface area contributed by atoms with Gasteiger partial charge in [0, 0.05) is 11.5 Å². The molecule has 3 aromatic rings. The van der Waals surface area contributed by atoms with E-state index in [2.05, 4.69) is 41.6 Å². The largest absolute Gasteiger partial charge is 0.310 e. The number of carbonyl (C=O) groups excluding carboxylic acids is 1. The predicted octanol–water partition coefficient (Wildman–Crippen LogP) is 3.61. The van der Waals surface area contributed by atoms with Gasteiger partial charge in [-0.25, -0.2) is 9.36 Å². The average Bonchev–Trinajstić information content (AvgIpc) is 3.26. The quantitative estimate of drug-likeness (QED) is 0.623. The van der Waals surface area contributed by atoms with Crippen LogP contribution >= 0.6 is 11.8 Å². The first kappa shape index (κ1) is 19.6. The Kier molecular flexibility index (Phi) is 5.16. The highest BCUT2D eigenvalue weighted by Gasteiger charge is 2.30. The molecule has 1 aliphatic carbocycles. The molecule has 1 unspecified atom stereocenters. The average molecular weight is 412 g/mol. The van der Waals surface area contributed by atoms with Gasteiger partial charge >= 0.3 is 0 Å². The van der Waals surface area contributed by atoms with Crippen LogP contribution in [0.1, 0.15) is 52.3 Å². The third-order valence-electron chi connectivity index (χ3n) is 4.74. The predicted molar refractivity (Wildman–Crippen MR) is 112 cm³/mol. The molecule has 29 heavy (non-hydrogen) atoms. The fourth-order valence-electron chi connectivity index (χ4n) is 2.85. The van der Waals surface area contributed by atoms with Gasteiger partial charge in [-0.2, -0.15) is 5.10 Å². The molecule has 1 amide bonds. The number of anilines is 1. The minimum absolute atomic E-state index is 0.113. The van der Waals surface area contributed by atoms with Gasteiger partial charge in [0.1, 0.15) is 5.82 Å². The van der Waals surface area contributed by atoms with Crippen LogP contribution in [0.15, 0.2) is 41.6 Å². The lowest BCUT2D eigenvalue weighted by Crippen LogP contribution is -2.24. The van der Waals surface area contributed by atoms with E-state index in [0.717, 1.165) is 24.2 Å². The monoisotopic (exact) mass is 411 g/mol. The highest BCUT2D eigenvalue weighted by atomic mass is 32.2. The molecule has 0 spiro atoms. The van der Waals surface area contributed by atoms with Crippen LogP contribution < -0.4 is 5.32 Å². The molecule has 0 radical (unpaired) electrons. The lowest BCUT2D eigenvalue weighted by Gasteiger charge is -2.14. The molecule has 0 bridgehead atoms. The van der Waals surface area contributed by atoms with Crippen LogP contribution in [-0.2, 0) is 10.2 Å². The summed E-state index contributed by atoms with van der Waals surface area (Å²) in [6.45, 7) is 8.17. The Balaban J connectivity index is 1.55. The van der Waals surface area contributed by atoms with E-state index in [9.17, 15) is 4.79 Å². The van der Waals surface area contributed by atoms with Gasteiger partial charge in [-0.15, -0.1) is 5.10 Å². The van der Waals surface area contributed by atoms with Crippen LogP contribution in [0.3, 0.4) is 0 Å². The first-order valence-electron chi connectivity index (χ1n) is 9.74. The van der Waals surface area contributed by atoms with Crippen LogP contribution in [0.25, 0.3) is 5.69 Å². The second-order valence-corrected chi connectivity index (χ2v) is 9.61.